The topological polar surface area (TPSA) is 59.9 Å². The molecule has 126 valence electrons. The highest BCUT2D eigenvalue weighted by molar-refractivity contribution is 6.31. The minimum absolute atomic E-state index is 0.122. The minimum Gasteiger partial charge on any atom is -0.496 e. The molecule has 24 heavy (non-hydrogen) atoms. The number of hydrazone groups is 1. The maximum atomic E-state index is 12.2. The lowest BCUT2D eigenvalue weighted by Gasteiger charge is -2.09. The first-order chi connectivity index (χ1) is 11.5. The predicted octanol–water partition coefficient (Wildman–Crippen LogP) is 3.90. The standard InChI is InChI=1S/C18H19ClN2O3/c1-12(2)24-15-7-4-13(5-8-15)11-20-21-18(22)16-10-14(19)6-9-17(16)23-3/h4-12H,1-3H3,(H,21,22)/b20-11+. The van der Waals surface area contributed by atoms with E-state index in [1.807, 2.05) is 38.1 Å². The number of nitrogens with zero attached hydrogens (tertiary/aromatic N) is 1. The third-order valence-electron chi connectivity index (χ3n) is 3.04. The van der Waals surface area contributed by atoms with Crippen LogP contribution in [0.15, 0.2) is 47.6 Å². The van der Waals surface area contributed by atoms with E-state index in [-0.39, 0.29) is 6.10 Å². The van der Waals surface area contributed by atoms with Gasteiger partial charge in [-0.1, -0.05) is 11.6 Å². The Bertz CT molecular complexity index is 728. The van der Waals surface area contributed by atoms with Crippen LogP contribution in [0.1, 0.15) is 29.8 Å². The zero-order valence-electron chi connectivity index (χ0n) is 13.7. The maximum absolute atomic E-state index is 12.2. The van der Waals surface area contributed by atoms with Gasteiger partial charge in [0.25, 0.3) is 5.91 Å². The number of amides is 1. The Labute approximate surface area is 146 Å². The highest BCUT2D eigenvalue weighted by Crippen LogP contribution is 2.22. The average Bonchev–Trinajstić information content (AvgIpc) is 2.56. The van der Waals surface area contributed by atoms with Gasteiger partial charge in [-0.3, -0.25) is 4.79 Å². The third kappa shape index (κ3) is 4.99. The van der Waals surface area contributed by atoms with E-state index in [1.165, 1.54) is 13.2 Å². The Morgan fingerprint density at radius 3 is 2.54 bits per heavy atom. The smallest absolute Gasteiger partial charge is 0.275 e. The van der Waals surface area contributed by atoms with Crippen LogP contribution in [0.25, 0.3) is 0 Å². The van der Waals surface area contributed by atoms with E-state index in [2.05, 4.69) is 10.5 Å². The number of carbonyl (C=O) groups excluding carboxylic acids is 1. The van der Waals surface area contributed by atoms with Crippen LogP contribution in [0, 0.1) is 0 Å². The monoisotopic (exact) mass is 346 g/mol. The third-order valence-corrected chi connectivity index (χ3v) is 3.27. The second-order valence-corrected chi connectivity index (χ2v) is 5.72. The second kappa shape index (κ2) is 8.36. The van der Waals surface area contributed by atoms with Crippen LogP contribution in [-0.2, 0) is 0 Å². The van der Waals surface area contributed by atoms with Crippen molar-refractivity contribution in [1.82, 2.24) is 5.43 Å². The van der Waals surface area contributed by atoms with E-state index < -0.39 is 5.91 Å². The van der Waals surface area contributed by atoms with Crippen molar-refractivity contribution < 1.29 is 14.3 Å². The fourth-order valence-corrected chi connectivity index (χ4v) is 2.16. The van der Waals surface area contributed by atoms with Gasteiger partial charge in [-0.2, -0.15) is 5.10 Å². The van der Waals surface area contributed by atoms with Crippen molar-refractivity contribution >= 4 is 23.7 Å². The summed E-state index contributed by atoms with van der Waals surface area (Å²) >= 11 is 5.91. The van der Waals surface area contributed by atoms with E-state index in [0.29, 0.717) is 16.3 Å². The Morgan fingerprint density at radius 2 is 1.92 bits per heavy atom. The molecular formula is C18H19ClN2O3. The molecule has 0 aliphatic carbocycles. The quantitative estimate of drug-likeness (QED) is 0.637. The summed E-state index contributed by atoms with van der Waals surface area (Å²) in [5, 5.41) is 4.40. The molecule has 0 spiro atoms. The second-order valence-electron chi connectivity index (χ2n) is 5.28. The summed E-state index contributed by atoms with van der Waals surface area (Å²) in [6.45, 7) is 3.93. The van der Waals surface area contributed by atoms with Gasteiger partial charge in [-0.15, -0.1) is 0 Å². The lowest BCUT2D eigenvalue weighted by Crippen LogP contribution is -2.18. The van der Waals surface area contributed by atoms with Gasteiger partial charge in [0.1, 0.15) is 11.5 Å². The fourth-order valence-electron chi connectivity index (χ4n) is 1.99. The molecule has 6 heteroatoms. The Hall–Kier alpha value is -2.53. The predicted molar refractivity (Wildman–Crippen MR) is 95.3 cm³/mol. The van der Waals surface area contributed by atoms with Crippen LogP contribution < -0.4 is 14.9 Å². The molecule has 0 heterocycles. The number of benzene rings is 2. The minimum atomic E-state index is -0.398. The SMILES string of the molecule is COc1ccc(Cl)cc1C(=O)N/N=C/c1ccc(OC(C)C)cc1. The first-order valence-electron chi connectivity index (χ1n) is 7.43. The van der Waals surface area contributed by atoms with Gasteiger partial charge >= 0.3 is 0 Å². The van der Waals surface area contributed by atoms with Crippen LogP contribution in [0.5, 0.6) is 11.5 Å². The largest absolute Gasteiger partial charge is 0.496 e. The van der Waals surface area contributed by atoms with Gasteiger partial charge in [0.15, 0.2) is 0 Å². The van der Waals surface area contributed by atoms with Gasteiger partial charge in [-0.25, -0.2) is 5.43 Å². The fraction of sp³-hybridized carbons (Fsp3) is 0.222. The van der Waals surface area contributed by atoms with Gasteiger partial charge < -0.3 is 9.47 Å². The first-order valence-corrected chi connectivity index (χ1v) is 7.81. The van der Waals surface area contributed by atoms with Crippen LogP contribution in [0.2, 0.25) is 5.02 Å². The van der Waals surface area contributed by atoms with Crippen molar-refractivity contribution in [1.29, 1.82) is 0 Å². The van der Waals surface area contributed by atoms with Crippen LogP contribution in [-0.4, -0.2) is 25.3 Å². The summed E-state index contributed by atoms with van der Waals surface area (Å²) in [7, 11) is 1.49. The maximum Gasteiger partial charge on any atom is 0.275 e. The molecule has 0 unspecified atom stereocenters. The number of rotatable bonds is 6. The Morgan fingerprint density at radius 1 is 1.21 bits per heavy atom. The molecule has 0 saturated carbocycles. The van der Waals surface area contributed by atoms with Gasteiger partial charge in [0, 0.05) is 5.02 Å². The van der Waals surface area contributed by atoms with E-state index >= 15 is 0 Å². The number of methoxy groups -OCH3 is 1. The van der Waals surface area contributed by atoms with Crippen molar-refractivity contribution in [2.45, 2.75) is 20.0 Å². The zero-order chi connectivity index (χ0) is 17.5. The summed E-state index contributed by atoms with van der Waals surface area (Å²) in [6.07, 6.45) is 1.67. The first kappa shape index (κ1) is 17.8. The average molecular weight is 347 g/mol. The highest BCUT2D eigenvalue weighted by Gasteiger charge is 2.12. The molecule has 1 amide bonds. The number of hydrogen-bond acceptors (Lipinski definition) is 4. The van der Waals surface area contributed by atoms with Crippen molar-refractivity contribution in [2.75, 3.05) is 7.11 Å². The summed E-state index contributed by atoms with van der Waals surface area (Å²) in [5.74, 6) is 0.822. The number of ether oxygens (including phenoxy) is 2. The molecule has 0 saturated heterocycles. The number of nitrogens with one attached hydrogen (secondary N) is 1. The van der Waals surface area contributed by atoms with Gasteiger partial charge in [0.05, 0.1) is 25.0 Å². The normalized spacial score (nSPS) is 10.9. The lowest BCUT2D eigenvalue weighted by molar-refractivity contribution is 0.0952. The van der Waals surface area contributed by atoms with E-state index in [1.54, 1.807) is 18.3 Å². The molecule has 0 atom stereocenters. The number of halogens is 1. The number of carbonyl (C=O) groups is 1. The van der Waals surface area contributed by atoms with Crippen LogP contribution in [0.3, 0.4) is 0 Å². The Balaban J connectivity index is 2.01. The summed E-state index contributed by atoms with van der Waals surface area (Å²) in [4.78, 5) is 12.2. The van der Waals surface area contributed by atoms with Crippen molar-refractivity contribution in [2.24, 2.45) is 5.10 Å². The van der Waals surface area contributed by atoms with Gasteiger partial charge in [-0.05, 0) is 61.9 Å². The molecule has 2 rings (SSSR count). The van der Waals surface area contributed by atoms with Crippen molar-refractivity contribution in [3.8, 4) is 11.5 Å². The van der Waals surface area contributed by atoms with E-state index in [4.69, 9.17) is 21.1 Å². The van der Waals surface area contributed by atoms with E-state index in [9.17, 15) is 4.79 Å². The van der Waals surface area contributed by atoms with Crippen molar-refractivity contribution in [3.63, 3.8) is 0 Å². The molecule has 0 aromatic heterocycles. The molecule has 5 nitrogen and oxygen atoms in total. The summed E-state index contributed by atoms with van der Waals surface area (Å²) in [5.41, 5.74) is 3.62. The molecule has 0 bridgehead atoms. The van der Waals surface area contributed by atoms with E-state index in [0.717, 1.165) is 11.3 Å². The van der Waals surface area contributed by atoms with Crippen LogP contribution >= 0.6 is 11.6 Å². The molecule has 0 fully saturated rings. The highest BCUT2D eigenvalue weighted by atomic mass is 35.5. The summed E-state index contributed by atoms with van der Waals surface area (Å²) in [6, 6.07) is 12.2. The lowest BCUT2D eigenvalue weighted by atomic mass is 10.2. The molecule has 0 radical (unpaired) electrons. The molecule has 0 aliphatic rings. The molecule has 2 aromatic carbocycles. The zero-order valence-corrected chi connectivity index (χ0v) is 14.5. The molecule has 1 N–H and O–H groups in total. The molecule has 2 aromatic rings. The van der Waals surface area contributed by atoms with Gasteiger partial charge in [0.2, 0.25) is 0 Å². The number of hydrogen-bond donors (Lipinski definition) is 1. The summed E-state index contributed by atoms with van der Waals surface area (Å²) < 4.78 is 10.7. The molecular weight excluding hydrogens is 328 g/mol. The van der Waals surface area contributed by atoms with Crippen LogP contribution in [0.4, 0.5) is 0 Å². The van der Waals surface area contributed by atoms with Crippen molar-refractivity contribution in [3.05, 3.63) is 58.6 Å². The molecule has 0 aliphatic heterocycles. The Kier molecular flexibility index (Phi) is 6.21.